The highest BCUT2D eigenvalue weighted by atomic mass is 28.4. The fourth-order valence-electron chi connectivity index (χ4n) is 3.04. The zero-order valence-corrected chi connectivity index (χ0v) is 20.4. The molecule has 0 spiro atoms. The first-order valence-electron chi connectivity index (χ1n) is 10.3. The summed E-state index contributed by atoms with van der Waals surface area (Å²) in [7, 11) is -3.45. The number of aryl methyl sites for hydroxylation is 2. The second-order valence-electron chi connectivity index (χ2n) is 9.25. The Bertz CT molecular complexity index is 676. The maximum absolute atomic E-state index is 6.57. The first-order chi connectivity index (χ1) is 13.1. The fraction of sp³-hybridized carbons (Fsp3) is 0.417. The highest BCUT2D eigenvalue weighted by Gasteiger charge is 2.25. The van der Waals surface area contributed by atoms with Gasteiger partial charge in [0.25, 0.3) is 0 Å². The maximum Gasteiger partial charge on any atom is 0.241 e. The van der Waals surface area contributed by atoms with Crippen LogP contribution in [0.4, 0.5) is 0 Å². The van der Waals surface area contributed by atoms with Crippen LogP contribution in [-0.4, -0.2) is 16.6 Å². The van der Waals surface area contributed by atoms with E-state index in [2.05, 4.69) is 99.9 Å². The molecule has 0 heterocycles. The lowest BCUT2D eigenvalue weighted by atomic mass is 10.1. The molecule has 2 nitrogen and oxygen atoms in total. The van der Waals surface area contributed by atoms with Crippen molar-refractivity contribution in [2.24, 2.45) is 0 Å². The Labute approximate surface area is 173 Å². The predicted octanol–water partition coefficient (Wildman–Crippen LogP) is 7.17. The van der Waals surface area contributed by atoms with Crippen molar-refractivity contribution in [1.82, 2.24) is 0 Å². The van der Waals surface area contributed by atoms with Crippen LogP contribution in [-0.2, 0) is 21.7 Å². The highest BCUT2D eigenvalue weighted by Crippen LogP contribution is 2.26. The van der Waals surface area contributed by atoms with Crippen molar-refractivity contribution < 1.29 is 8.85 Å². The summed E-state index contributed by atoms with van der Waals surface area (Å²) in [5.41, 5.74) is 2.68. The molecule has 28 heavy (non-hydrogen) atoms. The van der Waals surface area contributed by atoms with Crippen molar-refractivity contribution in [2.75, 3.05) is 0 Å². The van der Waals surface area contributed by atoms with Gasteiger partial charge in [-0.2, -0.15) is 0 Å². The molecule has 0 saturated heterocycles. The number of allylic oxidation sites excluding steroid dienone is 2. The highest BCUT2D eigenvalue weighted by molar-refractivity contribution is 6.70. The third-order valence-corrected chi connectivity index (χ3v) is 5.85. The molecule has 2 aromatic rings. The molecule has 0 bridgehead atoms. The molecule has 0 aliphatic rings. The summed E-state index contributed by atoms with van der Waals surface area (Å²) < 4.78 is 13.1. The molecule has 0 radical (unpaired) electrons. The molecule has 0 aliphatic heterocycles. The van der Waals surface area contributed by atoms with Gasteiger partial charge in [0.1, 0.15) is 11.5 Å². The molecule has 2 rings (SSSR count). The summed E-state index contributed by atoms with van der Waals surface area (Å²) in [5.74, 6) is 2.14. The fourth-order valence-corrected chi connectivity index (χ4v) is 4.95. The van der Waals surface area contributed by atoms with E-state index in [1.165, 1.54) is 11.1 Å². The van der Waals surface area contributed by atoms with Crippen molar-refractivity contribution in [3.63, 3.8) is 0 Å². The SMILES string of the molecule is C[Si](C)(C)OC(CCc1ccccc1)=C(CCc1ccccc1)O[Si](C)(C)C. The van der Waals surface area contributed by atoms with Crippen LogP contribution in [0.5, 0.6) is 0 Å². The third kappa shape index (κ3) is 8.94. The van der Waals surface area contributed by atoms with Gasteiger partial charge >= 0.3 is 0 Å². The molecular formula is C24H36O2Si2. The van der Waals surface area contributed by atoms with E-state index < -0.39 is 16.6 Å². The largest absolute Gasteiger partial charge is 0.545 e. The number of hydrogen-bond donors (Lipinski definition) is 0. The van der Waals surface area contributed by atoms with Crippen molar-refractivity contribution in [1.29, 1.82) is 0 Å². The second-order valence-corrected chi connectivity index (χ2v) is 18.1. The summed E-state index contributed by atoms with van der Waals surface area (Å²) >= 11 is 0. The Morgan fingerprint density at radius 2 is 0.893 bits per heavy atom. The number of rotatable bonds is 10. The number of hydrogen-bond acceptors (Lipinski definition) is 2. The quantitative estimate of drug-likeness (QED) is 0.304. The van der Waals surface area contributed by atoms with Gasteiger partial charge in [-0.3, -0.25) is 0 Å². The standard InChI is InChI=1S/C24H36O2Si2/c1-27(2,3)25-23(19-17-21-13-9-7-10-14-21)24(26-28(4,5)6)20-18-22-15-11-8-12-16-22/h7-16H,17-20H2,1-6H3. The van der Waals surface area contributed by atoms with E-state index in [-0.39, 0.29) is 0 Å². The summed E-state index contributed by atoms with van der Waals surface area (Å²) in [6.07, 6.45) is 3.74. The molecule has 4 heteroatoms. The lowest BCUT2D eigenvalue weighted by molar-refractivity contribution is 0.315. The average molecular weight is 413 g/mol. The summed E-state index contributed by atoms with van der Waals surface area (Å²) in [4.78, 5) is 0. The van der Waals surface area contributed by atoms with Crippen molar-refractivity contribution in [3.05, 3.63) is 83.3 Å². The minimum Gasteiger partial charge on any atom is -0.545 e. The molecule has 0 aromatic heterocycles. The van der Waals surface area contributed by atoms with E-state index in [4.69, 9.17) is 8.85 Å². The third-order valence-electron chi connectivity index (χ3n) is 4.14. The summed E-state index contributed by atoms with van der Waals surface area (Å²) in [6.45, 7) is 13.5. The molecule has 0 amide bonds. The van der Waals surface area contributed by atoms with Gasteiger partial charge in [-0.25, -0.2) is 0 Å². The lowest BCUT2D eigenvalue weighted by Gasteiger charge is -2.29. The normalized spacial score (nSPS) is 13.1. The van der Waals surface area contributed by atoms with Gasteiger partial charge in [-0.05, 0) is 63.3 Å². The number of benzene rings is 2. The van der Waals surface area contributed by atoms with Gasteiger partial charge in [0.15, 0.2) is 0 Å². The summed E-state index contributed by atoms with van der Waals surface area (Å²) in [5, 5.41) is 0. The topological polar surface area (TPSA) is 18.5 Å². The Morgan fingerprint density at radius 1 is 0.571 bits per heavy atom. The van der Waals surface area contributed by atoms with Crippen LogP contribution in [0, 0.1) is 0 Å². The Hall–Kier alpha value is -1.79. The van der Waals surface area contributed by atoms with Gasteiger partial charge in [0.2, 0.25) is 16.6 Å². The molecule has 152 valence electrons. The van der Waals surface area contributed by atoms with Gasteiger partial charge in [-0.1, -0.05) is 60.7 Å². The molecule has 0 aliphatic carbocycles. The van der Waals surface area contributed by atoms with Gasteiger partial charge in [-0.15, -0.1) is 0 Å². The van der Waals surface area contributed by atoms with Crippen LogP contribution in [0.3, 0.4) is 0 Å². The second kappa shape index (κ2) is 10.1. The first-order valence-corrected chi connectivity index (χ1v) is 17.1. The monoisotopic (exact) mass is 412 g/mol. The van der Waals surface area contributed by atoms with Crippen LogP contribution in [0.15, 0.2) is 72.2 Å². The van der Waals surface area contributed by atoms with Crippen LogP contribution < -0.4 is 0 Å². The van der Waals surface area contributed by atoms with Crippen molar-refractivity contribution in [2.45, 2.75) is 65.0 Å². The van der Waals surface area contributed by atoms with E-state index in [0.717, 1.165) is 37.2 Å². The van der Waals surface area contributed by atoms with E-state index in [1.807, 2.05) is 0 Å². The zero-order chi connectivity index (χ0) is 20.6. The van der Waals surface area contributed by atoms with Crippen molar-refractivity contribution >= 4 is 16.6 Å². The smallest absolute Gasteiger partial charge is 0.241 e. The minimum absolute atomic E-state index is 0.892. The van der Waals surface area contributed by atoms with Crippen LogP contribution >= 0.6 is 0 Å². The van der Waals surface area contributed by atoms with Gasteiger partial charge in [0.05, 0.1) is 0 Å². The van der Waals surface area contributed by atoms with E-state index in [9.17, 15) is 0 Å². The van der Waals surface area contributed by atoms with Gasteiger partial charge < -0.3 is 8.85 Å². The molecule has 0 fully saturated rings. The lowest BCUT2D eigenvalue weighted by Crippen LogP contribution is -2.29. The molecule has 0 unspecified atom stereocenters. The Morgan fingerprint density at radius 3 is 1.18 bits per heavy atom. The van der Waals surface area contributed by atoms with E-state index >= 15 is 0 Å². The molecule has 0 N–H and O–H groups in total. The molecule has 0 saturated carbocycles. The maximum atomic E-state index is 6.57. The molecule has 2 aromatic carbocycles. The van der Waals surface area contributed by atoms with Crippen molar-refractivity contribution in [3.8, 4) is 0 Å². The van der Waals surface area contributed by atoms with Crippen LogP contribution in [0.25, 0.3) is 0 Å². The van der Waals surface area contributed by atoms with Crippen LogP contribution in [0.1, 0.15) is 24.0 Å². The predicted molar refractivity (Wildman–Crippen MR) is 125 cm³/mol. The average Bonchev–Trinajstić information content (AvgIpc) is 2.62. The van der Waals surface area contributed by atoms with Gasteiger partial charge in [0, 0.05) is 12.8 Å². The van der Waals surface area contributed by atoms with E-state index in [1.54, 1.807) is 0 Å². The Kier molecular flexibility index (Phi) is 8.14. The molecular weight excluding hydrogens is 376 g/mol. The summed E-state index contributed by atoms with van der Waals surface area (Å²) in [6, 6.07) is 21.3. The minimum atomic E-state index is -1.73. The molecule has 0 atom stereocenters. The zero-order valence-electron chi connectivity index (χ0n) is 18.4. The Balaban J connectivity index is 2.27. The van der Waals surface area contributed by atoms with E-state index in [0.29, 0.717) is 0 Å². The first kappa shape index (κ1) is 22.5. The van der Waals surface area contributed by atoms with Crippen LogP contribution in [0.2, 0.25) is 39.3 Å².